The molecule has 1 aromatic carbocycles. The zero-order valence-corrected chi connectivity index (χ0v) is 13.8. The molecular formula is C18H18N6O. The van der Waals surface area contributed by atoms with Crippen molar-refractivity contribution in [1.29, 1.82) is 5.26 Å². The van der Waals surface area contributed by atoms with E-state index in [0.29, 0.717) is 29.6 Å². The van der Waals surface area contributed by atoms with Gasteiger partial charge in [-0.25, -0.2) is 4.68 Å². The molecule has 0 atom stereocenters. The number of anilines is 1. The third-order valence-corrected chi connectivity index (χ3v) is 3.71. The lowest BCUT2D eigenvalue weighted by molar-refractivity contribution is 0.432. The molecule has 7 heteroatoms. The fourth-order valence-corrected chi connectivity index (χ4v) is 2.47. The molecule has 2 heterocycles. The van der Waals surface area contributed by atoms with Crippen LogP contribution < -0.4 is 16.2 Å². The number of benzene rings is 1. The Labute approximate surface area is 145 Å². The lowest BCUT2D eigenvalue weighted by Gasteiger charge is -2.11. The van der Waals surface area contributed by atoms with Crippen molar-refractivity contribution >= 4 is 5.82 Å². The summed E-state index contributed by atoms with van der Waals surface area (Å²) in [6.45, 7) is 0.578. The standard InChI is InChI=1S/C18H18N6O/c1-24-18(9-17(21)23-24)25-16-8-13(10-20)2-4-14(16)15-5-3-12(6-7-19)11-22-15/h2-5,8-9,11H,6-7,19H2,1H3,(H2,21,23). The first kappa shape index (κ1) is 16.5. The molecule has 25 heavy (non-hydrogen) atoms. The second-order valence-corrected chi connectivity index (χ2v) is 5.55. The number of hydrogen-bond acceptors (Lipinski definition) is 6. The zero-order chi connectivity index (χ0) is 17.8. The van der Waals surface area contributed by atoms with Gasteiger partial charge in [0.15, 0.2) is 0 Å². The smallest absolute Gasteiger partial charge is 0.219 e. The van der Waals surface area contributed by atoms with Crippen molar-refractivity contribution in [2.45, 2.75) is 6.42 Å². The van der Waals surface area contributed by atoms with Crippen LogP contribution in [-0.4, -0.2) is 21.3 Å². The summed E-state index contributed by atoms with van der Waals surface area (Å²) < 4.78 is 7.48. The molecule has 0 fully saturated rings. The van der Waals surface area contributed by atoms with Crippen LogP contribution in [-0.2, 0) is 13.5 Å². The Morgan fingerprint density at radius 3 is 2.68 bits per heavy atom. The van der Waals surface area contributed by atoms with Crippen LogP contribution in [0.5, 0.6) is 11.6 Å². The normalized spacial score (nSPS) is 10.4. The minimum atomic E-state index is 0.361. The van der Waals surface area contributed by atoms with Gasteiger partial charge >= 0.3 is 0 Å². The number of nitrogens with two attached hydrogens (primary N) is 2. The fourth-order valence-electron chi connectivity index (χ4n) is 2.47. The summed E-state index contributed by atoms with van der Waals surface area (Å²) >= 11 is 0. The molecule has 0 saturated carbocycles. The molecule has 0 aliphatic heterocycles. The Balaban J connectivity index is 2.01. The number of nitrogen functional groups attached to an aromatic ring is 1. The minimum absolute atomic E-state index is 0.361. The highest BCUT2D eigenvalue weighted by molar-refractivity contribution is 5.69. The summed E-state index contributed by atoms with van der Waals surface area (Å²) in [5.41, 5.74) is 14.4. The Morgan fingerprint density at radius 1 is 1.24 bits per heavy atom. The molecule has 0 radical (unpaired) electrons. The van der Waals surface area contributed by atoms with E-state index >= 15 is 0 Å². The van der Waals surface area contributed by atoms with E-state index in [2.05, 4.69) is 16.2 Å². The van der Waals surface area contributed by atoms with Crippen molar-refractivity contribution in [1.82, 2.24) is 14.8 Å². The highest BCUT2D eigenvalue weighted by Gasteiger charge is 2.13. The van der Waals surface area contributed by atoms with Gasteiger partial charge in [-0.05, 0) is 42.8 Å². The van der Waals surface area contributed by atoms with E-state index in [-0.39, 0.29) is 0 Å². The van der Waals surface area contributed by atoms with Crippen LogP contribution in [0.2, 0.25) is 0 Å². The summed E-state index contributed by atoms with van der Waals surface area (Å²) in [5.74, 6) is 1.36. The topological polar surface area (TPSA) is 116 Å². The highest BCUT2D eigenvalue weighted by atomic mass is 16.5. The Kier molecular flexibility index (Phi) is 4.64. The van der Waals surface area contributed by atoms with Gasteiger partial charge < -0.3 is 16.2 Å². The number of pyridine rings is 1. The van der Waals surface area contributed by atoms with E-state index in [1.54, 1.807) is 31.4 Å². The third-order valence-electron chi connectivity index (χ3n) is 3.71. The van der Waals surface area contributed by atoms with Gasteiger partial charge in [-0.1, -0.05) is 6.07 Å². The Bertz CT molecular complexity index is 924. The number of rotatable bonds is 5. The van der Waals surface area contributed by atoms with Gasteiger partial charge in [-0.15, -0.1) is 0 Å². The van der Waals surface area contributed by atoms with Gasteiger partial charge in [0.05, 0.1) is 17.3 Å². The predicted molar refractivity (Wildman–Crippen MR) is 94.8 cm³/mol. The lowest BCUT2D eigenvalue weighted by Crippen LogP contribution is -2.03. The summed E-state index contributed by atoms with van der Waals surface area (Å²) in [6.07, 6.45) is 2.57. The van der Waals surface area contributed by atoms with E-state index in [1.807, 2.05) is 18.2 Å². The number of nitriles is 1. The first-order valence-corrected chi connectivity index (χ1v) is 7.77. The van der Waals surface area contributed by atoms with Gasteiger partial charge in [0.1, 0.15) is 11.6 Å². The number of aromatic nitrogens is 3. The molecular weight excluding hydrogens is 316 g/mol. The van der Waals surface area contributed by atoms with Crippen LogP contribution in [0, 0.1) is 11.3 Å². The molecule has 126 valence electrons. The van der Waals surface area contributed by atoms with E-state index < -0.39 is 0 Å². The number of ether oxygens (including phenoxy) is 1. The van der Waals surface area contributed by atoms with E-state index in [4.69, 9.17) is 16.2 Å². The van der Waals surface area contributed by atoms with Crippen molar-refractivity contribution in [2.24, 2.45) is 12.8 Å². The first-order chi connectivity index (χ1) is 12.1. The van der Waals surface area contributed by atoms with Crippen LogP contribution in [0.4, 0.5) is 5.82 Å². The van der Waals surface area contributed by atoms with Crippen LogP contribution in [0.1, 0.15) is 11.1 Å². The van der Waals surface area contributed by atoms with E-state index in [1.165, 1.54) is 4.68 Å². The summed E-state index contributed by atoms with van der Waals surface area (Å²) in [5, 5.41) is 13.2. The largest absolute Gasteiger partial charge is 0.438 e. The van der Waals surface area contributed by atoms with Crippen LogP contribution in [0.15, 0.2) is 42.6 Å². The maximum atomic E-state index is 9.17. The highest BCUT2D eigenvalue weighted by Crippen LogP contribution is 2.33. The molecule has 3 aromatic rings. The van der Waals surface area contributed by atoms with E-state index in [0.717, 1.165) is 23.2 Å². The molecule has 3 rings (SSSR count). The average Bonchev–Trinajstić information content (AvgIpc) is 2.93. The maximum absolute atomic E-state index is 9.17. The van der Waals surface area contributed by atoms with Crippen molar-refractivity contribution in [3.05, 3.63) is 53.7 Å². The summed E-state index contributed by atoms with van der Waals surface area (Å²) in [7, 11) is 1.74. The third kappa shape index (κ3) is 3.59. The monoisotopic (exact) mass is 334 g/mol. The molecule has 7 nitrogen and oxygen atoms in total. The second-order valence-electron chi connectivity index (χ2n) is 5.55. The molecule has 4 N–H and O–H groups in total. The average molecular weight is 334 g/mol. The van der Waals surface area contributed by atoms with Gasteiger partial charge in [0.2, 0.25) is 5.88 Å². The molecule has 2 aromatic heterocycles. The number of aryl methyl sites for hydroxylation is 1. The molecule has 0 unspecified atom stereocenters. The summed E-state index contributed by atoms with van der Waals surface area (Å²) in [4.78, 5) is 4.49. The summed E-state index contributed by atoms with van der Waals surface area (Å²) in [6, 6.07) is 12.9. The first-order valence-electron chi connectivity index (χ1n) is 7.77. The van der Waals surface area contributed by atoms with Crippen LogP contribution >= 0.6 is 0 Å². The quantitative estimate of drug-likeness (QED) is 0.739. The SMILES string of the molecule is Cn1nc(N)cc1Oc1cc(C#N)ccc1-c1ccc(CCN)cn1. The second kappa shape index (κ2) is 7.03. The van der Waals surface area contributed by atoms with Crippen LogP contribution in [0.25, 0.3) is 11.3 Å². The molecule has 0 saturated heterocycles. The minimum Gasteiger partial charge on any atom is -0.438 e. The molecule has 0 amide bonds. The Morgan fingerprint density at radius 2 is 2.08 bits per heavy atom. The van der Waals surface area contributed by atoms with Crippen LogP contribution in [0.3, 0.4) is 0 Å². The fraction of sp³-hybridized carbons (Fsp3) is 0.167. The van der Waals surface area contributed by atoms with Gasteiger partial charge in [-0.2, -0.15) is 10.4 Å². The van der Waals surface area contributed by atoms with Gasteiger partial charge in [-0.3, -0.25) is 4.98 Å². The van der Waals surface area contributed by atoms with Crippen molar-refractivity contribution < 1.29 is 4.74 Å². The number of nitrogens with zero attached hydrogens (tertiary/aromatic N) is 4. The Hall–Kier alpha value is -3.37. The lowest BCUT2D eigenvalue weighted by atomic mass is 10.1. The van der Waals surface area contributed by atoms with Gasteiger partial charge in [0.25, 0.3) is 0 Å². The zero-order valence-electron chi connectivity index (χ0n) is 13.8. The molecule has 0 aliphatic rings. The molecule has 0 bridgehead atoms. The predicted octanol–water partition coefficient (Wildman–Crippen LogP) is 2.23. The van der Waals surface area contributed by atoms with Crippen molar-refractivity contribution in [2.75, 3.05) is 12.3 Å². The van der Waals surface area contributed by atoms with Gasteiger partial charge in [0, 0.05) is 24.9 Å². The van der Waals surface area contributed by atoms with Crippen molar-refractivity contribution in [3.63, 3.8) is 0 Å². The molecule has 0 spiro atoms. The number of hydrogen-bond donors (Lipinski definition) is 2. The molecule has 0 aliphatic carbocycles. The van der Waals surface area contributed by atoms with Crippen molar-refractivity contribution in [3.8, 4) is 29.0 Å². The van der Waals surface area contributed by atoms with E-state index in [9.17, 15) is 5.26 Å². The maximum Gasteiger partial charge on any atom is 0.219 e.